The summed E-state index contributed by atoms with van der Waals surface area (Å²) < 4.78 is 0.990. The summed E-state index contributed by atoms with van der Waals surface area (Å²) in [5.41, 5.74) is 2.91. The Balaban J connectivity index is 1.68. The molecule has 0 aliphatic heterocycles. The molecule has 1 saturated carbocycles. The SMILES string of the molecule is Cc1ccc(NC(=O)NC2(c3ccccc3)CC2)cc1Br. The molecule has 1 aliphatic rings. The van der Waals surface area contributed by atoms with Gasteiger partial charge < -0.3 is 10.6 Å². The zero-order valence-corrected chi connectivity index (χ0v) is 13.4. The van der Waals surface area contributed by atoms with E-state index >= 15 is 0 Å². The van der Waals surface area contributed by atoms with E-state index in [1.54, 1.807) is 0 Å². The van der Waals surface area contributed by atoms with Crippen LogP contribution < -0.4 is 10.6 Å². The predicted molar refractivity (Wildman–Crippen MR) is 88.4 cm³/mol. The van der Waals surface area contributed by atoms with Crippen LogP contribution in [0.4, 0.5) is 10.5 Å². The molecule has 2 aromatic carbocycles. The zero-order valence-electron chi connectivity index (χ0n) is 11.8. The first-order valence-electron chi connectivity index (χ1n) is 7.00. The fourth-order valence-corrected chi connectivity index (χ4v) is 2.80. The van der Waals surface area contributed by atoms with Crippen molar-refractivity contribution in [1.82, 2.24) is 5.32 Å². The van der Waals surface area contributed by atoms with E-state index in [1.165, 1.54) is 5.56 Å². The highest BCUT2D eigenvalue weighted by Crippen LogP contribution is 2.45. The van der Waals surface area contributed by atoms with Crippen LogP contribution in [0.3, 0.4) is 0 Å². The van der Waals surface area contributed by atoms with Gasteiger partial charge in [0.2, 0.25) is 0 Å². The number of carbonyl (C=O) groups is 1. The van der Waals surface area contributed by atoms with Gasteiger partial charge in [-0.3, -0.25) is 0 Å². The number of anilines is 1. The predicted octanol–water partition coefficient (Wildman–Crippen LogP) is 4.57. The van der Waals surface area contributed by atoms with Crippen LogP contribution in [0.2, 0.25) is 0 Å². The molecule has 108 valence electrons. The molecule has 3 nitrogen and oxygen atoms in total. The van der Waals surface area contributed by atoms with E-state index in [4.69, 9.17) is 0 Å². The first kappa shape index (κ1) is 14.1. The van der Waals surface area contributed by atoms with Gasteiger partial charge >= 0.3 is 6.03 Å². The van der Waals surface area contributed by atoms with E-state index in [2.05, 4.69) is 38.7 Å². The molecule has 0 spiro atoms. The highest BCUT2D eigenvalue weighted by atomic mass is 79.9. The van der Waals surface area contributed by atoms with Crippen LogP contribution in [0, 0.1) is 6.92 Å². The average Bonchev–Trinajstić information content (AvgIpc) is 3.25. The first-order chi connectivity index (χ1) is 10.1. The molecule has 2 amide bonds. The van der Waals surface area contributed by atoms with Gasteiger partial charge in [0, 0.05) is 10.2 Å². The molecule has 0 radical (unpaired) electrons. The van der Waals surface area contributed by atoms with E-state index in [0.29, 0.717) is 0 Å². The highest BCUT2D eigenvalue weighted by Gasteiger charge is 2.45. The van der Waals surface area contributed by atoms with E-state index in [1.807, 2.05) is 43.3 Å². The lowest BCUT2D eigenvalue weighted by Gasteiger charge is -2.18. The Labute approximate surface area is 132 Å². The third kappa shape index (κ3) is 3.10. The van der Waals surface area contributed by atoms with Crippen LogP contribution in [0.1, 0.15) is 24.0 Å². The van der Waals surface area contributed by atoms with Gasteiger partial charge in [-0.1, -0.05) is 52.3 Å². The maximum atomic E-state index is 12.2. The molecule has 0 heterocycles. The Kier molecular flexibility index (Phi) is 3.72. The van der Waals surface area contributed by atoms with Crippen LogP contribution in [0.25, 0.3) is 0 Å². The van der Waals surface area contributed by atoms with Gasteiger partial charge in [0.15, 0.2) is 0 Å². The molecule has 0 unspecified atom stereocenters. The van der Waals surface area contributed by atoms with Crippen LogP contribution in [0.5, 0.6) is 0 Å². The van der Waals surface area contributed by atoms with Gasteiger partial charge in [-0.05, 0) is 43.0 Å². The summed E-state index contributed by atoms with van der Waals surface area (Å²) in [6, 6.07) is 15.8. The minimum atomic E-state index is -0.187. The number of aryl methyl sites for hydroxylation is 1. The minimum Gasteiger partial charge on any atom is -0.328 e. The normalized spacial score (nSPS) is 15.3. The number of hydrogen-bond acceptors (Lipinski definition) is 1. The summed E-state index contributed by atoms with van der Waals surface area (Å²) >= 11 is 3.47. The molecule has 2 aromatic rings. The van der Waals surface area contributed by atoms with Crippen molar-refractivity contribution in [2.24, 2.45) is 0 Å². The average molecular weight is 345 g/mol. The Hall–Kier alpha value is -1.81. The van der Waals surface area contributed by atoms with E-state index in [-0.39, 0.29) is 11.6 Å². The molecule has 0 bridgehead atoms. The van der Waals surface area contributed by atoms with Gasteiger partial charge in [-0.2, -0.15) is 0 Å². The van der Waals surface area contributed by atoms with E-state index in [0.717, 1.165) is 28.6 Å². The standard InChI is InChI=1S/C17H17BrN2O/c1-12-7-8-14(11-15(12)18)19-16(21)20-17(9-10-17)13-5-3-2-4-6-13/h2-8,11H,9-10H2,1H3,(H2,19,20,21). The minimum absolute atomic E-state index is 0.160. The van der Waals surface area contributed by atoms with Crippen molar-refractivity contribution in [1.29, 1.82) is 0 Å². The molecule has 0 atom stereocenters. The van der Waals surface area contributed by atoms with Crippen molar-refractivity contribution in [3.63, 3.8) is 0 Å². The van der Waals surface area contributed by atoms with Crippen molar-refractivity contribution in [2.75, 3.05) is 5.32 Å². The molecule has 4 heteroatoms. The van der Waals surface area contributed by atoms with Crippen LogP contribution in [0.15, 0.2) is 53.0 Å². The smallest absolute Gasteiger partial charge is 0.319 e. The van der Waals surface area contributed by atoms with Gasteiger partial charge in [-0.15, -0.1) is 0 Å². The van der Waals surface area contributed by atoms with Gasteiger partial charge in [0.1, 0.15) is 0 Å². The highest BCUT2D eigenvalue weighted by molar-refractivity contribution is 9.10. The molecule has 1 fully saturated rings. The Bertz CT molecular complexity index is 666. The van der Waals surface area contributed by atoms with Crippen LogP contribution >= 0.6 is 15.9 Å². The van der Waals surface area contributed by atoms with Gasteiger partial charge in [-0.25, -0.2) is 4.79 Å². The van der Waals surface area contributed by atoms with Crippen molar-refractivity contribution in [3.05, 3.63) is 64.1 Å². The molecule has 0 saturated heterocycles. The maximum absolute atomic E-state index is 12.2. The van der Waals surface area contributed by atoms with Crippen molar-refractivity contribution < 1.29 is 4.79 Å². The second-order valence-electron chi connectivity index (χ2n) is 5.49. The molecule has 2 N–H and O–H groups in total. The third-order valence-corrected chi connectivity index (χ3v) is 4.71. The lowest BCUT2D eigenvalue weighted by molar-refractivity contribution is 0.247. The summed E-state index contributed by atoms with van der Waals surface area (Å²) in [6.45, 7) is 2.02. The van der Waals surface area contributed by atoms with Crippen molar-refractivity contribution in [3.8, 4) is 0 Å². The fraction of sp³-hybridized carbons (Fsp3) is 0.235. The maximum Gasteiger partial charge on any atom is 0.319 e. The van der Waals surface area contributed by atoms with Crippen molar-refractivity contribution >= 4 is 27.6 Å². The summed E-state index contributed by atoms with van der Waals surface area (Å²) in [6.07, 6.45) is 1.98. The largest absolute Gasteiger partial charge is 0.328 e. The number of hydrogen-bond donors (Lipinski definition) is 2. The third-order valence-electron chi connectivity index (χ3n) is 3.86. The Morgan fingerprint density at radius 1 is 1.14 bits per heavy atom. The fourth-order valence-electron chi connectivity index (χ4n) is 2.42. The van der Waals surface area contributed by atoms with Crippen LogP contribution in [-0.2, 0) is 5.54 Å². The quantitative estimate of drug-likeness (QED) is 0.841. The first-order valence-corrected chi connectivity index (χ1v) is 7.79. The number of nitrogens with one attached hydrogen (secondary N) is 2. The molecule has 0 aromatic heterocycles. The molecule has 1 aliphatic carbocycles. The Morgan fingerprint density at radius 2 is 1.86 bits per heavy atom. The summed E-state index contributed by atoms with van der Waals surface area (Å²) in [4.78, 5) is 12.2. The summed E-state index contributed by atoms with van der Waals surface area (Å²) in [5.74, 6) is 0. The summed E-state index contributed by atoms with van der Waals surface area (Å²) in [5, 5.41) is 6.00. The number of halogens is 1. The van der Waals surface area contributed by atoms with Gasteiger partial charge in [0.25, 0.3) is 0 Å². The van der Waals surface area contributed by atoms with Gasteiger partial charge in [0.05, 0.1) is 5.54 Å². The molecule has 3 rings (SSSR count). The topological polar surface area (TPSA) is 41.1 Å². The van der Waals surface area contributed by atoms with Crippen molar-refractivity contribution in [2.45, 2.75) is 25.3 Å². The molecular formula is C17H17BrN2O. The number of benzene rings is 2. The second kappa shape index (κ2) is 5.53. The number of rotatable bonds is 3. The molecule has 21 heavy (non-hydrogen) atoms. The monoisotopic (exact) mass is 344 g/mol. The van der Waals surface area contributed by atoms with E-state index in [9.17, 15) is 4.79 Å². The summed E-state index contributed by atoms with van der Waals surface area (Å²) in [7, 11) is 0. The Morgan fingerprint density at radius 3 is 2.48 bits per heavy atom. The molecular weight excluding hydrogens is 328 g/mol. The lowest BCUT2D eigenvalue weighted by atomic mass is 10.1. The number of urea groups is 1. The lowest BCUT2D eigenvalue weighted by Crippen LogP contribution is -2.38. The van der Waals surface area contributed by atoms with Crippen LogP contribution in [-0.4, -0.2) is 6.03 Å². The number of amides is 2. The zero-order chi connectivity index (χ0) is 14.9. The number of carbonyl (C=O) groups excluding carboxylic acids is 1. The van der Waals surface area contributed by atoms with E-state index < -0.39 is 0 Å². The second-order valence-corrected chi connectivity index (χ2v) is 6.35.